The second-order valence-electron chi connectivity index (χ2n) is 9.90. The summed E-state index contributed by atoms with van der Waals surface area (Å²) < 4.78 is 5.26. The van der Waals surface area contributed by atoms with Crippen LogP contribution in [0.25, 0.3) is 0 Å². The van der Waals surface area contributed by atoms with Crippen molar-refractivity contribution in [2.75, 3.05) is 6.54 Å². The van der Waals surface area contributed by atoms with Crippen molar-refractivity contribution in [1.29, 1.82) is 0 Å². The molecule has 2 aromatic carbocycles. The first-order chi connectivity index (χ1) is 16.1. The lowest BCUT2D eigenvalue weighted by molar-refractivity contribution is -0.141. The molecule has 34 heavy (non-hydrogen) atoms. The van der Waals surface area contributed by atoms with Crippen molar-refractivity contribution in [3.05, 3.63) is 71.3 Å². The van der Waals surface area contributed by atoms with Crippen LogP contribution in [-0.2, 0) is 20.9 Å². The van der Waals surface area contributed by atoms with Crippen LogP contribution in [0, 0.1) is 12.8 Å². The number of alkyl carbamates (subject to hydrolysis) is 1. The molecule has 0 bridgehead atoms. The molecule has 2 N–H and O–H groups in total. The standard InChI is InChI=1S/C27H35N3O4/c1-18-11-9-10-14-21(18)24(25(32)28-16-20-12-7-6-8-13-20)30(22-15-19(22)2)23(31)17-29-26(33)34-27(3,4)5/h6-14,19,22,24H,15-17H2,1-5H3,(H,28,32)(H,29,33). The lowest BCUT2D eigenvalue weighted by Gasteiger charge is -2.33. The van der Waals surface area contributed by atoms with Gasteiger partial charge in [-0.1, -0.05) is 61.5 Å². The maximum Gasteiger partial charge on any atom is 0.408 e. The van der Waals surface area contributed by atoms with Crippen LogP contribution in [0.15, 0.2) is 54.6 Å². The molecule has 0 spiro atoms. The van der Waals surface area contributed by atoms with Crippen LogP contribution in [0.1, 0.15) is 56.8 Å². The zero-order valence-corrected chi connectivity index (χ0v) is 20.6. The Morgan fingerprint density at radius 1 is 1.03 bits per heavy atom. The van der Waals surface area contributed by atoms with E-state index < -0.39 is 17.7 Å². The quantitative estimate of drug-likeness (QED) is 0.614. The van der Waals surface area contributed by atoms with Crippen LogP contribution < -0.4 is 10.6 Å². The summed E-state index contributed by atoms with van der Waals surface area (Å²) in [5, 5.41) is 5.56. The monoisotopic (exact) mass is 465 g/mol. The first-order valence-electron chi connectivity index (χ1n) is 11.7. The molecule has 0 aromatic heterocycles. The highest BCUT2D eigenvalue weighted by atomic mass is 16.6. The van der Waals surface area contributed by atoms with Crippen molar-refractivity contribution in [1.82, 2.24) is 15.5 Å². The van der Waals surface area contributed by atoms with E-state index in [0.29, 0.717) is 6.54 Å². The minimum absolute atomic E-state index is 0.0694. The molecule has 0 aliphatic heterocycles. The number of ether oxygens (including phenoxy) is 1. The third-order valence-electron chi connectivity index (χ3n) is 5.81. The third kappa shape index (κ3) is 6.83. The number of carbonyl (C=O) groups excluding carboxylic acids is 3. The van der Waals surface area contributed by atoms with Gasteiger partial charge in [0.15, 0.2) is 0 Å². The van der Waals surface area contributed by atoms with Crippen molar-refractivity contribution in [2.45, 2.75) is 65.3 Å². The molecule has 1 fully saturated rings. The summed E-state index contributed by atoms with van der Waals surface area (Å²) in [6, 6.07) is 16.4. The van der Waals surface area contributed by atoms with E-state index in [4.69, 9.17) is 4.74 Å². The highest BCUT2D eigenvalue weighted by Gasteiger charge is 2.46. The highest BCUT2D eigenvalue weighted by molar-refractivity contribution is 5.91. The fourth-order valence-electron chi connectivity index (χ4n) is 3.96. The van der Waals surface area contributed by atoms with E-state index in [1.165, 1.54) is 0 Å². The van der Waals surface area contributed by atoms with Gasteiger partial charge in [-0.05, 0) is 56.7 Å². The Hall–Kier alpha value is -3.35. The molecule has 3 atom stereocenters. The zero-order chi connectivity index (χ0) is 24.9. The van der Waals surface area contributed by atoms with Gasteiger partial charge in [0.05, 0.1) is 0 Å². The van der Waals surface area contributed by atoms with E-state index in [9.17, 15) is 14.4 Å². The molecule has 7 heteroatoms. The zero-order valence-electron chi connectivity index (χ0n) is 20.6. The smallest absolute Gasteiger partial charge is 0.408 e. The van der Waals surface area contributed by atoms with Gasteiger partial charge in [0.1, 0.15) is 18.2 Å². The van der Waals surface area contributed by atoms with E-state index in [2.05, 4.69) is 17.6 Å². The SMILES string of the molecule is Cc1ccccc1C(C(=O)NCc1ccccc1)N(C(=O)CNC(=O)OC(C)(C)C)C1CC1C. The predicted molar refractivity (Wildman–Crippen MR) is 131 cm³/mol. The molecule has 7 nitrogen and oxygen atoms in total. The normalized spacial score (nSPS) is 17.9. The molecule has 2 aromatic rings. The summed E-state index contributed by atoms with van der Waals surface area (Å²) in [6.45, 7) is 9.40. The number of hydrogen-bond acceptors (Lipinski definition) is 4. The van der Waals surface area contributed by atoms with Crippen molar-refractivity contribution < 1.29 is 19.1 Å². The molecule has 0 radical (unpaired) electrons. The number of hydrogen-bond donors (Lipinski definition) is 2. The fourth-order valence-corrected chi connectivity index (χ4v) is 3.96. The van der Waals surface area contributed by atoms with E-state index in [1.807, 2.05) is 61.5 Å². The van der Waals surface area contributed by atoms with Gasteiger partial charge in [-0.3, -0.25) is 9.59 Å². The molecule has 1 aliphatic rings. The lowest BCUT2D eigenvalue weighted by atomic mass is 9.98. The Bertz CT molecular complexity index is 1020. The van der Waals surface area contributed by atoms with Crippen LogP contribution in [0.3, 0.4) is 0 Å². The molecule has 3 rings (SSSR count). The summed E-state index contributed by atoms with van der Waals surface area (Å²) in [6.07, 6.45) is 0.151. The largest absolute Gasteiger partial charge is 0.444 e. The van der Waals surface area contributed by atoms with E-state index >= 15 is 0 Å². The van der Waals surface area contributed by atoms with Gasteiger partial charge >= 0.3 is 6.09 Å². The van der Waals surface area contributed by atoms with Crippen molar-refractivity contribution in [3.8, 4) is 0 Å². The van der Waals surface area contributed by atoms with Gasteiger partial charge in [-0.15, -0.1) is 0 Å². The number of benzene rings is 2. The van der Waals surface area contributed by atoms with E-state index in [0.717, 1.165) is 23.1 Å². The minimum Gasteiger partial charge on any atom is -0.444 e. The molecule has 1 saturated carbocycles. The number of nitrogens with zero attached hydrogens (tertiary/aromatic N) is 1. The minimum atomic E-state index is -0.798. The maximum absolute atomic E-state index is 13.6. The van der Waals surface area contributed by atoms with Crippen LogP contribution in [0.5, 0.6) is 0 Å². The number of nitrogens with one attached hydrogen (secondary N) is 2. The van der Waals surface area contributed by atoms with Gasteiger partial charge in [-0.2, -0.15) is 0 Å². The van der Waals surface area contributed by atoms with Crippen molar-refractivity contribution in [2.24, 2.45) is 5.92 Å². The molecular weight excluding hydrogens is 430 g/mol. The summed E-state index contributed by atoms with van der Waals surface area (Å²) in [5.74, 6) is -0.287. The second-order valence-corrected chi connectivity index (χ2v) is 9.90. The summed E-state index contributed by atoms with van der Waals surface area (Å²) >= 11 is 0. The lowest BCUT2D eigenvalue weighted by Crippen LogP contribution is -2.49. The molecule has 182 valence electrons. The maximum atomic E-state index is 13.6. The first kappa shape index (κ1) is 25.3. The topological polar surface area (TPSA) is 87.7 Å². The van der Waals surface area contributed by atoms with Gasteiger partial charge < -0.3 is 20.3 Å². The Labute approximate surface area is 201 Å². The van der Waals surface area contributed by atoms with Crippen molar-refractivity contribution >= 4 is 17.9 Å². The van der Waals surface area contributed by atoms with Crippen LogP contribution in [-0.4, -0.2) is 41.0 Å². The average Bonchev–Trinajstić information content (AvgIpc) is 3.50. The van der Waals surface area contributed by atoms with E-state index in [-0.39, 0.29) is 30.3 Å². The second kappa shape index (κ2) is 10.7. The number of rotatable bonds is 8. The first-order valence-corrected chi connectivity index (χ1v) is 11.7. The predicted octanol–water partition coefficient (Wildman–Crippen LogP) is 4.11. The van der Waals surface area contributed by atoms with Gasteiger partial charge in [0.2, 0.25) is 11.8 Å². The Kier molecular flexibility index (Phi) is 7.97. The molecule has 3 amide bonds. The fraction of sp³-hybridized carbons (Fsp3) is 0.444. The van der Waals surface area contributed by atoms with Crippen LogP contribution >= 0.6 is 0 Å². The average molecular weight is 466 g/mol. The third-order valence-corrected chi connectivity index (χ3v) is 5.81. The molecule has 3 unspecified atom stereocenters. The summed E-state index contributed by atoms with van der Waals surface area (Å²) in [4.78, 5) is 40.8. The summed E-state index contributed by atoms with van der Waals surface area (Å²) in [5.41, 5.74) is 2.01. The number of aryl methyl sites for hydroxylation is 1. The Morgan fingerprint density at radius 3 is 2.24 bits per heavy atom. The molecular formula is C27H35N3O4. The molecule has 0 heterocycles. The van der Waals surface area contributed by atoms with Crippen molar-refractivity contribution in [3.63, 3.8) is 0 Å². The van der Waals surface area contributed by atoms with Gasteiger partial charge in [-0.25, -0.2) is 4.79 Å². The van der Waals surface area contributed by atoms with Crippen LogP contribution in [0.4, 0.5) is 4.79 Å². The Balaban J connectivity index is 1.84. The molecule has 1 aliphatic carbocycles. The molecule has 0 saturated heterocycles. The van der Waals surface area contributed by atoms with Gasteiger partial charge in [0, 0.05) is 12.6 Å². The van der Waals surface area contributed by atoms with E-state index in [1.54, 1.807) is 25.7 Å². The van der Waals surface area contributed by atoms with Gasteiger partial charge in [0.25, 0.3) is 0 Å². The number of amides is 3. The highest BCUT2D eigenvalue weighted by Crippen LogP contribution is 2.40. The van der Waals surface area contributed by atoms with Crippen LogP contribution in [0.2, 0.25) is 0 Å². The number of carbonyl (C=O) groups is 3. The Morgan fingerprint density at radius 2 is 1.65 bits per heavy atom. The summed E-state index contributed by atoms with van der Waals surface area (Å²) in [7, 11) is 0.